The van der Waals surface area contributed by atoms with Crippen molar-refractivity contribution >= 4 is 22.4 Å². The van der Waals surface area contributed by atoms with Crippen LogP contribution in [0, 0.1) is 0 Å². The Morgan fingerprint density at radius 2 is 2.00 bits per heavy atom. The first-order valence-corrected chi connectivity index (χ1v) is 8.23. The highest BCUT2D eigenvalue weighted by Gasteiger charge is 2.25. The summed E-state index contributed by atoms with van der Waals surface area (Å²) in [5, 5.41) is 2.63. The molecule has 118 valence electrons. The fraction of sp³-hybridized carbons (Fsp3) is 0.412. The molecule has 3 N–H and O–H groups in total. The maximum absolute atomic E-state index is 12.2. The molecule has 0 radical (unpaired) electrons. The molecule has 0 saturated heterocycles. The van der Waals surface area contributed by atoms with E-state index in [0.717, 1.165) is 12.1 Å². The zero-order valence-electron chi connectivity index (χ0n) is 13.3. The standard InChI is InChI=1S/C17H22N2O2S/c1-17(2,3)21-15(20)10-13(14-11-22-16(18)19-14)9-12-7-5-4-6-8-12/h4-8,11,13H,9-10H2,1-3H3,(H2,18,19)/p+1/t13-/m0/s1. The molecule has 2 aromatic rings. The predicted molar refractivity (Wildman–Crippen MR) is 88.6 cm³/mol. The van der Waals surface area contributed by atoms with E-state index in [2.05, 4.69) is 17.1 Å². The van der Waals surface area contributed by atoms with Gasteiger partial charge in [-0.05, 0) is 32.8 Å². The van der Waals surface area contributed by atoms with Crippen LogP contribution < -0.4 is 10.7 Å². The van der Waals surface area contributed by atoms with Crippen LogP contribution in [0.15, 0.2) is 35.7 Å². The summed E-state index contributed by atoms with van der Waals surface area (Å²) in [4.78, 5) is 15.3. The minimum atomic E-state index is -0.466. The van der Waals surface area contributed by atoms with Crippen LogP contribution in [0.2, 0.25) is 0 Å². The number of hydrogen-bond donors (Lipinski definition) is 1. The number of hydrogen-bond acceptors (Lipinski definition) is 4. The van der Waals surface area contributed by atoms with Gasteiger partial charge >= 0.3 is 11.1 Å². The van der Waals surface area contributed by atoms with E-state index in [4.69, 9.17) is 10.5 Å². The van der Waals surface area contributed by atoms with Crippen molar-refractivity contribution in [2.45, 2.75) is 45.1 Å². The average Bonchev–Trinajstić information content (AvgIpc) is 2.84. The van der Waals surface area contributed by atoms with E-state index in [1.807, 2.05) is 44.4 Å². The number of nitrogen functional groups attached to an aromatic ring is 1. The Kier molecular flexibility index (Phi) is 5.19. The largest absolute Gasteiger partial charge is 0.460 e. The van der Waals surface area contributed by atoms with E-state index >= 15 is 0 Å². The molecule has 0 spiro atoms. The van der Waals surface area contributed by atoms with Gasteiger partial charge in [0.05, 0.1) is 6.42 Å². The molecule has 0 aliphatic carbocycles. The number of rotatable bonds is 5. The highest BCUT2D eigenvalue weighted by molar-refractivity contribution is 7.13. The lowest BCUT2D eigenvalue weighted by Gasteiger charge is -2.21. The smallest absolute Gasteiger partial charge is 0.329 e. The van der Waals surface area contributed by atoms with Crippen LogP contribution in [0.4, 0.5) is 5.13 Å². The molecule has 0 saturated carbocycles. The first kappa shape index (κ1) is 16.5. The minimum absolute atomic E-state index is 0.0331. The molecule has 0 bridgehead atoms. The van der Waals surface area contributed by atoms with Gasteiger partial charge in [-0.2, -0.15) is 0 Å². The molecule has 1 heterocycles. The topological polar surface area (TPSA) is 66.5 Å². The number of nitrogens with two attached hydrogens (primary N) is 1. The van der Waals surface area contributed by atoms with E-state index < -0.39 is 5.60 Å². The van der Waals surface area contributed by atoms with Crippen molar-refractivity contribution < 1.29 is 14.5 Å². The quantitative estimate of drug-likeness (QED) is 0.861. The third kappa shape index (κ3) is 5.15. The van der Waals surface area contributed by atoms with Gasteiger partial charge in [0.1, 0.15) is 11.3 Å². The zero-order chi connectivity index (χ0) is 16.2. The summed E-state index contributed by atoms with van der Waals surface area (Å²) in [5.74, 6) is -0.155. The molecule has 1 aromatic carbocycles. The Balaban J connectivity index is 2.13. The Labute approximate surface area is 135 Å². The normalized spacial score (nSPS) is 12.9. The highest BCUT2D eigenvalue weighted by atomic mass is 32.1. The second kappa shape index (κ2) is 6.92. The summed E-state index contributed by atoms with van der Waals surface area (Å²) in [7, 11) is 0. The molecule has 5 heteroatoms. The maximum atomic E-state index is 12.2. The van der Waals surface area contributed by atoms with Crippen molar-refractivity contribution in [3.8, 4) is 0 Å². The van der Waals surface area contributed by atoms with Crippen molar-refractivity contribution in [3.05, 3.63) is 47.0 Å². The van der Waals surface area contributed by atoms with E-state index in [1.165, 1.54) is 16.9 Å². The van der Waals surface area contributed by atoms with Crippen LogP contribution >= 0.6 is 11.3 Å². The van der Waals surface area contributed by atoms with Crippen LogP contribution in [0.25, 0.3) is 0 Å². The third-order valence-electron chi connectivity index (χ3n) is 3.18. The van der Waals surface area contributed by atoms with E-state index in [-0.39, 0.29) is 11.9 Å². The number of anilines is 1. The second-order valence-corrected chi connectivity index (χ2v) is 7.27. The summed E-state index contributed by atoms with van der Waals surface area (Å²) in [6.45, 7) is 5.64. The Morgan fingerprint density at radius 3 is 2.55 bits per heavy atom. The number of ether oxygens (including phenoxy) is 1. The fourth-order valence-electron chi connectivity index (χ4n) is 2.30. The van der Waals surface area contributed by atoms with Gasteiger partial charge in [-0.25, -0.2) is 4.98 Å². The third-order valence-corrected chi connectivity index (χ3v) is 3.91. The summed E-state index contributed by atoms with van der Waals surface area (Å²) in [6, 6.07) is 10.1. The Bertz CT molecular complexity index is 617. The molecule has 0 aliphatic rings. The molecule has 0 fully saturated rings. The second-order valence-electron chi connectivity index (χ2n) is 6.36. The molecule has 1 aromatic heterocycles. The number of H-pyrrole nitrogens is 1. The molecule has 2 rings (SSSR count). The van der Waals surface area contributed by atoms with Gasteiger partial charge in [0, 0.05) is 11.3 Å². The number of esters is 1. The zero-order valence-corrected chi connectivity index (χ0v) is 14.1. The van der Waals surface area contributed by atoms with Gasteiger partial charge in [0.15, 0.2) is 0 Å². The number of aromatic nitrogens is 1. The average molecular weight is 319 g/mol. The number of carbonyl (C=O) groups is 1. The van der Waals surface area contributed by atoms with Crippen molar-refractivity contribution in [2.75, 3.05) is 5.73 Å². The van der Waals surface area contributed by atoms with Gasteiger partial charge in [0.2, 0.25) is 0 Å². The summed E-state index contributed by atoms with van der Waals surface area (Å²) < 4.78 is 5.45. The van der Waals surface area contributed by atoms with Crippen LogP contribution in [-0.2, 0) is 16.0 Å². The predicted octanol–water partition coefficient (Wildman–Crippen LogP) is 3.20. The van der Waals surface area contributed by atoms with Crippen LogP contribution in [0.3, 0.4) is 0 Å². The number of thiazole rings is 1. The van der Waals surface area contributed by atoms with Gasteiger partial charge in [-0.15, -0.1) is 0 Å². The molecule has 0 unspecified atom stereocenters. The van der Waals surface area contributed by atoms with E-state index in [9.17, 15) is 4.79 Å². The van der Waals surface area contributed by atoms with Crippen molar-refractivity contribution in [3.63, 3.8) is 0 Å². The molecule has 0 aliphatic heterocycles. The van der Waals surface area contributed by atoms with Crippen LogP contribution in [0.5, 0.6) is 0 Å². The van der Waals surface area contributed by atoms with Gasteiger partial charge in [-0.1, -0.05) is 41.7 Å². The summed E-state index contributed by atoms with van der Waals surface area (Å²) >= 11 is 1.45. The van der Waals surface area contributed by atoms with E-state index in [1.54, 1.807) is 0 Å². The van der Waals surface area contributed by atoms with Gasteiger partial charge < -0.3 is 4.74 Å². The lowest BCUT2D eigenvalue weighted by molar-refractivity contribution is -0.369. The van der Waals surface area contributed by atoms with Crippen molar-refractivity contribution in [1.82, 2.24) is 0 Å². The summed E-state index contributed by atoms with van der Waals surface area (Å²) in [6.07, 6.45) is 1.10. The summed E-state index contributed by atoms with van der Waals surface area (Å²) in [5.41, 5.74) is 7.50. The molecule has 4 nitrogen and oxygen atoms in total. The first-order chi connectivity index (χ1) is 10.3. The fourth-order valence-corrected chi connectivity index (χ4v) is 2.98. The Morgan fingerprint density at radius 1 is 1.32 bits per heavy atom. The lowest BCUT2D eigenvalue weighted by atomic mass is 9.93. The SMILES string of the molecule is CC(C)(C)OC(=O)C[C@H](Cc1ccccc1)c1csc(N)[nH+]1. The molecule has 22 heavy (non-hydrogen) atoms. The number of nitrogens with one attached hydrogen (secondary N) is 1. The van der Waals surface area contributed by atoms with Gasteiger partial charge in [0.25, 0.3) is 0 Å². The molecular formula is C17H23N2O2S+. The monoisotopic (exact) mass is 319 g/mol. The Hall–Kier alpha value is -1.88. The van der Waals surface area contributed by atoms with Crippen molar-refractivity contribution in [1.29, 1.82) is 0 Å². The lowest BCUT2D eigenvalue weighted by Crippen LogP contribution is -2.26. The van der Waals surface area contributed by atoms with Gasteiger partial charge in [-0.3, -0.25) is 10.5 Å². The molecule has 1 atom stereocenters. The first-order valence-electron chi connectivity index (χ1n) is 7.35. The number of aromatic amines is 1. The minimum Gasteiger partial charge on any atom is -0.460 e. The number of benzene rings is 1. The molecular weight excluding hydrogens is 296 g/mol. The van der Waals surface area contributed by atoms with Crippen LogP contribution in [0.1, 0.15) is 44.4 Å². The van der Waals surface area contributed by atoms with Crippen molar-refractivity contribution in [2.24, 2.45) is 0 Å². The highest BCUT2D eigenvalue weighted by Crippen LogP contribution is 2.25. The number of carbonyl (C=O) groups excluding carboxylic acids is 1. The van der Waals surface area contributed by atoms with E-state index in [0.29, 0.717) is 11.6 Å². The molecule has 0 amide bonds. The maximum Gasteiger partial charge on any atom is 0.329 e. The van der Waals surface area contributed by atoms with Crippen LogP contribution in [-0.4, -0.2) is 11.6 Å².